The van der Waals surface area contributed by atoms with Crippen molar-refractivity contribution in [2.24, 2.45) is 56.2 Å². The van der Waals surface area contributed by atoms with Crippen LogP contribution < -0.4 is 0 Å². The van der Waals surface area contributed by atoms with Crippen molar-refractivity contribution in [3.05, 3.63) is 22.8 Å². The fourth-order valence-corrected chi connectivity index (χ4v) is 10.6. The van der Waals surface area contributed by atoms with Gasteiger partial charge in [-0.1, -0.05) is 55.4 Å². The molecule has 0 aromatic carbocycles. The highest BCUT2D eigenvalue weighted by Gasteiger charge is 2.72. The summed E-state index contributed by atoms with van der Waals surface area (Å²) in [5, 5.41) is 20.7. The molecular weight excluding hydrogens is 474 g/mol. The molecule has 0 heterocycles. The number of ketones is 2. The highest BCUT2D eigenvalue weighted by atomic mass is 16.4. The highest BCUT2D eigenvalue weighted by molar-refractivity contribution is 6.05. The molecule has 5 aliphatic rings. The van der Waals surface area contributed by atoms with Crippen LogP contribution in [0.25, 0.3) is 0 Å². The van der Waals surface area contributed by atoms with Crippen molar-refractivity contribution < 1.29 is 19.5 Å². The number of carbonyl (C=O) groups is 3. The first kappa shape index (κ1) is 27.4. The fraction of sp³-hybridized carbons (Fsp3) is 0.758. The Morgan fingerprint density at radius 3 is 2.18 bits per heavy atom. The van der Waals surface area contributed by atoms with Crippen LogP contribution in [0.3, 0.4) is 0 Å². The number of fused-ring (bicyclic) bond motifs is 7. The van der Waals surface area contributed by atoms with Crippen LogP contribution in [0.1, 0.15) is 101 Å². The minimum Gasteiger partial charge on any atom is -0.481 e. The Bertz CT molecular complexity index is 1260. The second kappa shape index (κ2) is 7.70. The van der Waals surface area contributed by atoms with Gasteiger partial charge in [0.2, 0.25) is 0 Å². The summed E-state index contributed by atoms with van der Waals surface area (Å²) < 4.78 is 0. The van der Waals surface area contributed by atoms with E-state index in [1.165, 1.54) is 0 Å². The number of nitrogens with zero attached hydrogens (tertiary/aromatic N) is 1. The Kier molecular flexibility index (Phi) is 5.54. The Labute approximate surface area is 228 Å². The summed E-state index contributed by atoms with van der Waals surface area (Å²) in [5.41, 5.74) is -0.785. The van der Waals surface area contributed by atoms with Crippen LogP contribution >= 0.6 is 0 Å². The van der Waals surface area contributed by atoms with Crippen LogP contribution in [0, 0.1) is 67.5 Å². The van der Waals surface area contributed by atoms with Gasteiger partial charge < -0.3 is 5.11 Å². The van der Waals surface area contributed by atoms with Crippen molar-refractivity contribution in [3.63, 3.8) is 0 Å². The summed E-state index contributed by atoms with van der Waals surface area (Å²) in [6, 6.07) is 2.22. The van der Waals surface area contributed by atoms with Crippen molar-refractivity contribution in [3.8, 4) is 6.07 Å². The molecule has 38 heavy (non-hydrogen) atoms. The lowest BCUT2D eigenvalue weighted by Gasteiger charge is -2.70. The van der Waals surface area contributed by atoms with Gasteiger partial charge in [0, 0.05) is 16.7 Å². The third kappa shape index (κ3) is 2.85. The summed E-state index contributed by atoms with van der Waals surface area (Å²) in [6.07, 6.45) is 6.34. The molecule has 5 heteroatoms. The first-order valence-electron chi connectivity index (χ1n) is 14.5. The van der Waals surface area contributed by atoms with Crippen LogP contribution in [-0.2, 0) is 14.4 Å². The average Bonchev–Trinajstić information content (AvgIpc) is 2.82. The topological polar surface area (TPSA) is 95.2 Å². The zero-order valence-corrected chi connectivity index (χ0v) is 24.7. The van der Waals surface area contributed by atoms with Gasteiger partial charge in [0.25, 0.3) is 0 Å². The number of allylic oxidation sites excluding steroid dienone is 4. The van der Waals surface area contributed by atoms with Gasteiger partial charge in [0.15, 0.2) is 11.6 Å². The first-order valence-corrected chi connectivity index (χ1v) is 14.5. The molecule has 0 amide bonds. The van der Waals surface area contributed by atoms with E-state index in [2.05, 4.69) is 47.6 Å². The molecule has 0 aromatic rings. The predicted octanol–water partition coefficient (Wildman–Crippen LogP) is 6.93. The van der Waals surface area contributed by atoms with E-state index in [1.807, 2.05) is 26.8 Å². The van der Waals surface area contributed by atoms with E-state index < -0.39 is 27.6 Å². The van der Waals surface area contributed by atoms with E-state index >= 15 is 0 Å². The van der Waals surface area contributed by atoms with Crippen LogP contribution in [-0.4, -0.2) is 22.6 Å². The number of nitriles is 1. The largest absolute Gasteiger partial charge is 0.481 e. The molecule has 206 valence electrons. The first-order chi connectivity index (χ1) is 17.4. The van der Waals surface area contributed by atoms with Crippen molar-refractivity contribution in [1.82, 2.24) is 0 Å². The molecule has 8 atom stereocenters. The molecule has 0 aromatic heterocycles. The molecule has 0 radical (unpaired) electrons. The Balaban J connectivity index is 1.76. The fourth-order valence-electron chi connectivity index (χ4n) is 10.6. The number of hydrogen-bond acceptors (Lipinski definition) is 4. The molecule has 0 spiro atoms. The van der Waals surface area contributed by atoms with Gasteiger partial charge in [-0.05, 0) is 96.7 Å². The van der Waals surface area contributed by atoms with E-state index in [0.29, 0.717) is 19.3 Å². The van der Waals surface area contributed by atoms with Gasteiger partial charge in [-0.3, -0.25) is 14.4 Å². The second-order valence-corrected chi connectivity index (χ2v) is 15.4. The van der Waals surface area contributed by atoms with Gasteiger partial charge in [-0.2, -0.15) is 5.26 Å². The zero-order valence-electron chi connectivity index (χ0n) is 24.7. The van der Waals surface area contributed by atoms with Crippen LogP contribution in [0.2, 0.25) is 0 Å². The Morgan fingerprint density at radius 2 is 1.61 bits per heavy atom. The zero-order chi connectivity index (χ0) is 28.4. The molecule has 3 saturated carbocycles. The minimum atomic E-state index is -0.860. The molecule has 3 fully saturated rings. The third-order valence-electron chi connectivity index (χ3n) is 13.8. The van der Waals surface area contributed by atoms with E-state index in [0.717, 1.165) is 30.4 Å². The lowest BCUT2D eigenvalue weighted by Crippen LogP contribution is -2.67. The lowest BCUT2D eigenvalue weighted by molar-refractivity contribution is -0.199. The maximum atomic E-state index is 14.5. The molecule has 5 rings (SSSR count). The number of rotatable bonds is 1. The summed E-state index contributed by atoms with van der Waals surface area (Å²) in [6.45, 7) is 19.2. The van der Waals surface area contributed by atoms with Crippen LogP contribution in [0.15, 0.2) is 22.8 Å². The third-order valence-corrected chi connectivity index (χ3v) is 13.8. The molecule has 0 bridgehead atoms. The minimum absolute atomic E-state index is 0.00103. The standard InChI is InChI=1S/C33H45NO4/c1-18-20(17-34)26(36)29(5,6)22-10-11-30(7)23(32(18,22)9)16-21(35)25-24-19(2)28(3,4)12-14-33(24,27(37)38)15-13-31(25,30)8/h16,19,22,24-25H,10-15H2,1-9H3,(H,37,38)/t19?,22-,24-,25+,30+,31+,32-,33-/m0/s1. The predicted molar refractivity (Wildman–Crippen MR) is 146 cm³/mol. The normalized spacial score (nSPS) is 47.1. The number of Topliss-reactive ketones (excluding diaryl/α,β-unsaturated/α-hetero) is 1. The van der Waals surface area contributed by atoms with Crippen molar-refractivity contribution in [2.75, 3.05) is 0 Å². The SMILES string of the molecule is CC1=C(C#N)C(=O)C(C)(C)[C@@H]2CC[C@]3(C)C(=CC(=O)[C@@H]4[C@@H]5C(C)C(C)(C)CC[C@]5(C(=O)O)CC[C@]43C)[C@@]12C. The molecular formula is C33H45NO4. The van der Waals surface area contributed by atoms with Crippen molar-refractivity contribution >= 4 is 17.5 Å². The number of carboxylic acid groups (broad SMARTS) is 1. The quantitative estimate of drug-likeness (QED) is 0.405. The lowest BCUT2D eigenvalue weighted by atomic mass is 9.32. The summed E-state index contributed by atoms with van der Waals surface area (Å²) in [5.74, 6) is -1.23. The van der Waals surface area contributed by atoms with Gasteiger partial charge in [-0.15, -0.1) is 0 Å². The molecule has 1 N–H and O–H groups in total. The summed E-state index contributed by atoms with van der Waals surface area (Å²) >= 11 is 0. The Morgan fingerprint density at radius 1 is 1.00 bits per heavy atom. The van der Waals surface area contributed by atoms with Crippen molar-refractivity contribution in [2.45, 2.75) is 101 Å². The maximum Gasteiger partial charge on any atom is 0.309 e. The van der Waals surface area contributed by atoms with E-state index in [4.69, 9.17) is 0 Å². The van der Waals surface area contributed by atoms with Gasteiger partial charge in [0.1, 0.15) is 6.07 Å². The molecule has 5 nitrogen and oxygen atoms in total. The number of hydrogen-bond donors (Lipinski definition) is 1. The Hall–Kier alpha value is -2.22. The molecule has 1 unspecified atom stereocenters. The summed E-state index contributed by atoms with van der Waals surface area (Å²) in [7, 11) is 0. The maximum absolute atomic E-state index is 14.5. The summed E-state index contributed by atoms with van der Waals surface area (Å²) in [4.78, 5) is 40.9. The number of aliphatic carboxylic acids is 1. The van der Waals surface area contributed by atoms with Crippen LogP contribution in [0.4, 0.5) is 0 Å². The molecule has 5 aliphatic carbocycles. The van der Waals surface area contributed by atoms with Gasteiger partial charge >= 0.3 is 5.97 Å². The van der Waals surface area contributed by atoms with Gasteiger partial charge in [0.05, 0.1) is 11.0 Å². The number of carboxylic acids is 1. The van der Waals surface area contributed by atoms with E-state index in [9.17, 15) is 24.8 Å². The highest BCUT2D eigenvalue weighted by Crippen LogP contribution is 2.76. The van der Waals surface area contributed by atoms with Crippen LogP contribution in [0.5, 0.6) is 0 Å². The average molecular weight is 520 g/mol. The smallest absolute Gasteiger partial charge is 0.309 e. The van der Waals surface area contributed by atoms with E-state index in [-0.39, 0.29) is 51.6 Å². The monoisotopic (exact) mass is 519 g/mol. The van der Waals surface area contributed by atoms with E-state index in [1.54, 1.807) is 0 Å². The number of carbonyl (C=O) groups excluding carboxylic acids is 2. The second-order valence-electron chi connectivity index (χ2n) is 15.4. The van der Waals surface area contributed by atoms with Crippen molar-refractivity contribution in [1.29, 1.82) is 5.26 Å². The molecule has 0 saturated heterocycles. The van der Waals surface area contributed by atoms with Gasteiger partial charge in [-0.25, -0.2) is 0 Å². The molecule has 0 aliphatic heterocycles.